The Bertz CT molecular complexity index is 627. The predicted octanol–water partition coefficient (Wildman–Crippen LogP) is 3.74. The number of nitrogens with zero attached hydrogens (tertiary/aromatic N) is 1. The fourth-order valence-electron chi connectivity index (χ4n) is 3.63. The molecule has 130 valence electrons. The molecule has 1 saturated heterocycles. The van der Waals surface area contributed by atoms with E-state index in [0.29, 0.717) is 22.9 Å². The molecule has 0 aromatic heterocycles. The van der Waals surface area contributed by atoms with E-state index in [4.69, 9.17) is 21.4 Å². The first-order chi connectivity index (χ1) is 11.5. The Morgan fingerprint density at radius 3 is 2.67 bits per heavy atom. The number of carboxylic acid groups (broad SMARTS) is 1. The predicted molar refractivity (Wildman–Crippen MR) is 90.6 cm³/mol. The van der Waals surface area contributed by atoms with Crippen molar-refractivity contribution in [3.8, 4) is 5.75 Å². The zero-order valence-corrected chi connectivity index (χ0v) is 14.3. The first-order valence-electron chi connectivity index (χ1n) is 8.53. The van der Waals surface area contributed by atoms with Gasteiger partial charge >= 0.3 is 5.97 Å². The fourth-order valence-corrected chi connectivity index (χ4v) is 3.80. The quantitative estimate of drug-likeness (QED) is 0.877. The molecule has 1 unspecified atom stereocenters. The number of hydrogen-bond acceptors (Lipinski definition) is 3. The van der Waals surface area contributed by atoms with Gasteiger partial charge in [-0.1, -0.05) is 11.6 Å². The van der Waals surface area contributed by atoms with E-state index < -0.39 is 5.97 Å². The molecule has 1 aromatic carbocycles. The van der Waals surface area contributed by atoms with E-state index in [9.17, 15) is 9.59 Å². The van der Waals surface area contributed by atoms with Crippen LogP contribution in [0.5, 0.6) is 5.75 Å². The highest BCUT2D eigenvalue weighted by Crippen LogP contribution is 2.31. The maximum atomic E-state index is 13.0. The first kappa shape index (κ1) is 17.1. The molecule has 1 heterocycles. The Labute approximate surface area is 146 Å². The molecular weight excluding hydrogens is 330 g/mol. The van der Waals surface area contributed by atoms with Crippen molar-refractivity contribution in [1.82, 2.24) is 4.90 Å². The minimum Gasteiger partial charge on any atom is -0.490 e. The van der Waals surface area contributed by atoms with Gasteiger partial charge in [-0.05, 0) is 56.7 Å². The van der Waals surface area contributed by atoms with Gasteiger partial charge in [0, 0.05) is 17.6 Å². The number of amides is 1. The molecule has 2 aliphatic rings. The van der Waals surface area contributed by atoms with E-state index in [-0.39, 0.29) is 24.5 Å². The number of hydrogen-bond donors (Lipinski definition) is 1. The van der Waals surface area contributed by atoms with Crippen LogP contribution in [0.25, 0.3) is 0 Å². The van der Waals surface area contributed by atoms with Crippen molar-refractivity contribution in [2.45, 2.75) is 57.1 Å². The van der Waals surface area contributed by atoms with Crippen molar-refractivity contribution in [1.29, 1.82) is 0 Å². The van der Waals surface area contributed by atoms with Gasteiger partial charge in [0.2, 0.25) is 0 Å². The monoisotopic (exact) mass is 351 g/mol. The molecule has 1 aliphatic carbocycles. The van der Waals surface area contributed by atoms with Gasteiger partial charge in [0.05, 0.1) is 18.1 Å². The van der Waals surface area contributed by atoms with Crippen LogP contribution in [0.15, 0.2) is 18.2 Å². The molecule has 1 aromatic rings. The van der Waals surface area contributed by atoms with Crippen molar-refractivity contribution in [2.24, 2.45) is 0 Å². The van der Waals surface area contributed by atoms with Gasteiger partial charge in [-0.2, -0.15) is 0 Å². The van der Waals surface area contributed by atoms with Crippen molar-refractivity contribution < 1.29 is 19.4 Å². The molecule has 1 aliphatic heterocycles. The Morgan fingerprint density at radius 1 is 1.21 bits per heavy atom. The highest BCUT2D eigenvalue weighted by atomic mass is 35.5. The SMILES string of the molecule is O=C(O)CC1CCCN1C(=O)c1cc(Cl)ccc1OC1CCCC1. The van der Waals surface area contributed by atoms with Gasteiger partial charge in [0.1, 0.15) is 5.75 Å². The number of aliphatic carboxylic acids is 1. The summed E-state index contributed by atoms with van der Waals surface area (Å²) in [6.45, 7) is 0.576. The highest BCUT2D eigenvalue weighted by molar-refractivity contribution is 6.31. The van der Waals surface area contributed by atoms with Crippen LogP contribution in [-0.4, -0.2) is 40.6 Å². The average molecular weight is 352 g/mol. The third-order valence-corrected chi connectivity index (χ3v) is 5.05. The van der Waals surface area contributed by atoms with Gasteiger partial charge < -0.3 is 14.7 Å². The van der Waals surface area contributed by atoms with Crippen LogP contribution in [-0.2, 0) is 4.79 Å². The van der Waals surface area contributed by atoms with Crippen molar-refractivity contribution in [2.75, 3.05) is 6.54 Å². The van der Waals surface area contributed by atoms with E-state index in [0.717, 1.165) is 38.5 Å². The summed E-state index contributed by atoms with van der Waals surface area (Å²) in [5, 5.41) is 9.53. The molecule has 1 atom stereocenters. The largest absolute Gasteiger partial charge is 0.490 e. The van der Waals surface area contributed by atoms with E-state index in [2.05, 4.69) is 0 Å². The number of carboxylic acids is 1. The van der Waals surface area contributed by atoms with Gasteiger partial charge in [-0.25, -0.2) is 0 Å². The molecule has 24 heavy (non-hydrogen) atoms. The molecule has 3 rings (SSSR count). The first-order valence-corrected chi connectivity index (χ1v) is 8.91. The van der Waals surface area contributed by atoms with Crippen LogP contribution in [0.3, 0.4) is 0 Å². The van der Waals surface area contributed by atoms with Crippen LogP contribution in [0.2, 0.25) is 5.02 Å². The highest BCUT2D eigenvalue weighted by Gasteiger charge is 2.32. The summed E-state index contributed by atoms with van der Waals surface area (Å²) in [6.07, 6.45) is 5.96. The zero-order chi connectivity index (χ0) is 17.1. The van der Waals surface area contributed by atoms with Gasteiger partial charge in [0.15, 0.2) is 0 Å². The van der Waals surface area contributed by atoms with Crippen molar-refractivity contribution in [3.05, 3.63) is 28.8 Å². The van der Waals surface area contributed by atoms with E-state index >= 15 is 0 Å². The summed E-state index contributed by atoms with van der Waals surface area (Å²) in [5.74, 6) is -0.514. The average Bonchev–Trinajstić information content (AvgIpc) is 3.19. The maximum absolute atomic E-state index is 13.0. The third-order valence-electron chi connectivity index (χ3n) is 4.82. The van der Waals surface area contributed by atoms with Crippen molar-refractivity contribution in [3.63, 3.8) is 0 Å². The van der Waals surface area contributed by atoms with Crippen LogP contribution in [0.4, 0.5) is 0 Å². The van der Waals surface area contributed by atoms with Gasteiger partial charge in [-0.15, -0.1) is 0 Å². The van der Waals surface area contributed by atoms with Crippen LogP contribution in [0, 0.1) is 0 Å². The lowest BCUT2D eigenvalue weighted by Gasteiger charge is -2.25. The molecule has 1 N–H and O–H groups in total. The smallest absolute Gasteiger partial charge is 0.305 e. The number of benzene rings is 1. The summed E-state index contributed by atoms with van der Waals surface area (Å²) in [7, 11) is 0. The molecular formula is C18H22ClNO4. The standard InChI is InChI=1S/C18H22ClNO4/c19-12-7-8-16(24-14-5-1-2-6-14)15(10-12)18(23)20-9-3-4-13(20)11-17(21)22/h7-8,10,13-14H,1-6,9,11H2,(H,21,22). The molecule has 0 bridgehead atoms. The van der Waals surface area contributed by atoms with Crippen LogP contribution < -0.4 is 4.74 Å². The molecule has 2 fully saturated rings. The number of likely N-dealkylation sites (tertiary alicyclic amines) is 1. The van der Waals surface area contributed by atoms with Crippen LogP contribution >= 0.6 is 11.6 Å². The van der Waals surface area contributed by atoms with Gasteiger partial charge in [-0.3, -0.25) is 9.59 Å². The van der Waals surface area contributed by atoms with Crippen molar-refractivity contribution >= 4 is 23.5 Å². The number of halogens is 1. The lowest BCUT2D eigenvalue weighted by Crippen LogP contribution is -2.37. The maximum Gasteiger partial charge on any atom is 0.305 e. The number of carbonyl (C=O) groups excluding carboxylic acids is 1. The number of carbonyl (C=O) groups is 2. The minimum absolute atomic E-state index is 0.0227. The summed E-state index contributed by atoms with van der Waals surface area (Å²) >= 11 is 6.08. The van der Waals surface area contributed by atoms with Gasteiger partial charge in [0.25, 0.3) is 5.91 Å². The molecule has 0 spiro atoms. The second-order valence-corrected chi connectivity index (χ2v) is 6.99. The Kier molecular flexibility index (Phi) is 5.29. The number of rotatable bonds is 5. The fraction of sp³-hybridized carbons (Fsp3) is 0.556. The third kappa shape index (κ3) is 3.83. The number of ether oxygens (including phenoxy) is 1. The summed E-state index contributed by atoms with van der Waals surface area (Å²) in [5.41, 5.74) is 0.437. The zero-order valence-electron chi connectivity index (χ0n) is 13.5. The molecule has 1 saturated carbocycles. The molecule has 5 nitrogen and oxygen atoms in total. The van der Waals surface area contributed by atoms with E-state index in [1.807, 2.05) is 0 Å². The summed E-state index contributed by atoms with van der Waals surface area (Å²) in [6, 6.07) is 4.84. The summed E-state index contributed by atoms with van der Waals surface area (Å²) in [4.78, 5) is 25.7. The van der Waals surface area contributed by atoms with E-state index in [1.165, 1.54) is 0 Å². The lowest BCUT2D eigenvalue weighted by atomic mass is 10.1. The minimum atomic E-state index is -0.881. The normalized spacial score (nSPS) is 21.2. The van der Waals surface area contributed by atoms with Crippen LogP contribution in [0.1, 0.15) is 55.3 Å². The topological polar surface area (TPSA) is 66.8 Å². The lowest BCUT2D eigenvalue weighted by molar-refractivity contribution is -0.137. The molecule has 6 heteroatoms. The Morgan fingerprint density at radius 2 is 1.96 bits per heavy atom. The summed E-state index contributed by atoms with van der Waals surface area (Å²) < 4.78 is 6.04. The molecule has 1 amide bonds. The second-order valence-electron chi connectivity index (χ2n) is 6.56. The second kappa shape index (κ2) is 7.43. The van der Waals surface area contributed by atoms with E-state index in [1.54, 1.807) is 23.1 Å². The Hall–Kier alpha value is -1.75. The molecule has 0 radical (unpaired) electrons. The Balaban J connectivity index is 1.82.